The molecule has 2 aromatic rings. The lowest BCUT2D eigenvalue weighted by Crippen LogP contribution is -2.45. The molecule has 4 nitrogen and oxygen atoms in total. The number of nitrogens with one attached hydrogen (secondary N) is 3. The molecule has 128 valence electrons. The van der Waals surface area contributed by atoms with Gasteiger partial charge in [0.05, 0.1) is 17.3 Å². The molecule has 2 aromatic carbocycles. The third kappa shape index (κ3) is 3.88. The van der Waals surface area contributed by atoms with E-state index in [1.165, 1.54) is 12.1 Å². The Morgan fingerprint density at radius 3 is 2.72 bits per heavy atom. The minimum Gasteiger partial charge on any atom is -0.351 e. The van der Waals surface area contributed by atoms with Gasteiger partial charge in [-0.3, -0.25) is 4.79 Å². The standard InChI is InChI=1S/C18H15BrFN3OS/c1-10-15(17(24)22-14-8-3-2-7-13(14)20)16(23-18(25)21-10)11-5-4-6-12(19)9-11/h2-9,16H,1H3,(H,22,24)(H2,21,23,25). The smallest absolute Gasteiger partial charge is 0.255 e. The number of amides is 1. The van der Waals surface area contributed by atoms with E-state index in [0.717, 1.165) is 10.0 Å². The number of benzene rings is 2. The van der Waals surface area contributed by atoms with E-state index >= 15 is 0 Å². The molecule has 0 aromatic heterocycles. The molecule has 3 N–H and O–H groups in total. The van der Waals surface area contributed by atoms with Crippen LogP contribution < -0.4 is 16.0 Å². The maximum atomic E-state index is 13.9. The van der Waals surface area contributed by atoms with Crippen molar-refractivity contribution in [1.82, 2.24) is 10.6 Å². The Kier molecular flexibility index (Phi) is 5.15. The van der Waals surface area contributed by atoms with Gasteiger partial charge in [0.2, 0.25) is 0 Å². The van der Waals surface area contributed by atoms with Crippen molar-refractivity contribution < 1.29 is 9.18 Å². The van der Waals surface area contributed by atoms with Crippen LogP contribution in [0.3, 0.4) is 0 Å². The van der Waals surface area contributed by atoms with Crippen molar-refractivity contribution >= 4 is 44.9 Å². The van der Waals surface area contributed by atoms with Crippen LogP contribution in [0.4, 0.5) is 10.1 Å². The van der Waals surface area contributed by atoms with Crippen LogP contribution in [-0.4, -0.2) is 11.0 Å². The van der Waals surface area contributed by atoms with Crippen molar-refractivity contribution in [2.24, 2.45) is 0 Å². The molecule has 0 saturated carbocycles. The van der Waals surface area contributed by atoms with Gasteiger partial charge in [-0.15, -0.1) is 0 Å². The summed E-state index contributed by atoms with van der Waals surface area (Å²) in [7, 11) is 0. The Morgan fingerprint density at radius 2 is 2.00 bits per heavy atom. The van der Waals surface area contributed by atoms with E-state index in [0.29, 0.717) is 16.4 Å². The molecular weight excluding hydrogens is 405 g/mol. The van der Waals surface area contributed by atoms with Crippen LogP contribution in [0.15, 0.2) is 64.3 Å². The maximum Gasteiger partial charge on any atom is 0.255 e. The normalized spacial score (nSPS) is 16.9. The van der Waals surface area contributed by atoms with E-state index in [1.807, 2.05) is 24.3 Å². The largest absolute Gasteiger partial charge is 0.351 e. The molecule has 7 heteroatoms. The van der Waals surface area contributed by atoms with Crippen LogP contribution in [0.2, 0.25) is 0 Å². The third-order valence-corrected chi connectivity index (χ3v) is 4.53. The Hall–Kier alpha value is -2.25. The van der Waals surface area contributed by atoms with Gasteiger partial charge in [0.15, 0.2) is 5.11 Å². The lowest BCUT2D eigenvalue weighted by Gasteiger charge is -2.30. The zero-order valence-electron chi connectivity index (χ0n) is 13.3. The number of carbonyl (C=O) groups excluding carboxylic acids is 1. The number of thiocarbonyl (C=S) groups is 1. The number of halogens is 2. The summed E-state index contributed by atoms with van der Waals surface area (Å²) in [6.45, 7) is 1.77. The number of hydrogen-bond acceptors (Lipinski definition) is 2. The Morgan fingerprint density at radius 1 is 1.24 bits per heavy atom. The first-order valence-corrected chi connectivity index (χ1v) is 8.75. The van der Waals surface area contributed by atoms with Gasteiger partial charge in [0, 0.05) is 10.2 Å². The number of hydrogen-bond donors (Lipinski definition) is 3. The van der Waals surface area contributed by atoms with Gasteiger partial charge in [-0.2, -0.15) is 0 Å². The molecule has 0 radical (unpaired) electrons. The Bertz CT molecular complexity index is 884. The van der Waals surface area contributed by atoms with Gasteiger partial charge in [0.25, 0.3) is 5.91 Å². The van der Waals surface area contributed by atoms with E-state index in [1.54, 1.807) is 19.1 Å². The SMILES string of the molecule is CC1=C(C(=O)Nc2ccccc2F)C(c2cccc(Br)c2)NC(=S)N1. The highest BCUT2D eigenvalue weighted by Crippen LogP contribution is 2.29. The number of carbonyl (C=O) groups is 1. The number of para-hydroxylation sites is 1. The average molecular weight is 420 g/mol. The fourth-order valence-electron chi connectivity index (χ4n) is 2.68. The summed E-state index contributed by atoms with van der Waals surface area (Å²) in [6.07, 6.45) is 0. The van der Waals surface area contributed by atoms with Gasteiger partial charge in [-0.25, -0.2) is 4.39 Å². The van der Waals surface area contributed by atoms with Crippen molar-refractivity contribution in [2.45, 2.75) is 13.0 Å². The van der Waals surface area contributed by atoms with Crippen molar-refractivity contribution in [3.8, 4) is 0 Å². The monoisotopic (exact) mass is 419 g/mol. The highest BCUT2D eigenvalue weighted by atomic mass is 79.9. The molecule has 1 heterocycles. The van der Waals surface area contributed by atoms with E-state index in [9.17, 15) is 9.18 Å². The van der Waals surface area contributed by atoms with E-state index in [4.69, 9.17) is 12.2 Å². The molecule has 1 amide bonds. The molecule has 0 bridgehead atoms. The summed E-state index contributed by atoms with van der Waals surface area (Å²) in [5.74, 6) is -0.879. The number of allylic oxidation sites excluding steroid dienone is 1. The molecule has 1 aliphatic heterocycles. The molecule has 0 saturated heterocycles. The molecule has 25 heavy (non-hydrogen) atoms. The van der Waals surface area contributed by atoms with Gasteiger partial charge < -0.3 is 16.0 Å². The summed E-state index contributed by atoms with van der Waals surface area (Å²) in [4.78, 5) is 12.8. The molecular formula is C18H15BrFN3OS. The molecule has 1 atom stereocenters. The topological polar surface area (TPSA) is 53.2 Å². The van der Waals surface area contributed by atoms with Gasteiger partial charge in [-0.05, 0) is 49.0 Å². The summed E-state index contributed by atoms with van der Waals surface area (Å²) in [6, 6.07) is 13.2. The van der Waals surface area contributed by atoms with Gasteiger partial charge in [0.1, 0.15) is 5.82 Å². The molecule has 0 aliphatic carbocycles. The third-order valence-electron chi connectivity index (χ3n) is 3.82. The highest BCUT2D eigenvalue weighted by molar-refractivity contribution is 9.10. The zero-order chi connectivity index (χ0) is 18.0. The maximum absolute atomic E-state index is 13.9. The molecule has 3 rings (SSSR count). The van der Waals surface area contributed by atoms with Gasteiger partial charge >= 0.3 is 0 Å². The predicted octanol–water partition coefficient (Wildman–Crippen LogP) is 4.02. The molecule has 1 unspecified atom stereocenters. The van der Waals surface area contributed by atoms with E-state index in [2.05, 4.69) is 31.9 Å². The minimum absolute atomic E-state index is 0.133. The van der Waals surface area contributed by atoms with Crippen molar-refractivity contribution in [1.29, 1.82) is 0 Å². The van der Waals surface area contributed by atoms with Crippen LogP contribution in [0.1, 0.15) is 18.5 Å². The van der Waals surface area contributed by atoms with Crippen LogP contribution in [0.5, 0.6) is 0 Å². The van der Waals surface area contributed by atoms with Crippen LogP contribution >= 0.6 is 28.1 Å². The fraction of sp³-hybridized carbons (Fsp3) is 0.111. The Balaban J connectivity index is 1.97. The summed E-state index contributed by atoms with van der Waals surface area (Å²) in [5.41, 5.74) is 2.09. The first-order chi connectivity index (χ1) is 12.0. The summed E-state index contributed by atoms with van der Waals surface area (Å²) in [5, 5.41) is 9.14. The van der Waals surface area contributed by atoms with E-state index < -0.39 is 17.8 Å². The first-order valence-electron chi connectivity index (χ1n) is 7.55. The fourth-order valence-corrected chi connectivity index (χ4v) is 3.37. The van der Waals surface area contributed by atoms with E-state index in [-0.39, 0.29) is 5.69 Å². The average Bonchev–Trinajstić information content (AvgIpc) is 2.56. The second-order valence-electron chi connectivity index (χ2n) is 5.56. The molecule has 0 spiro atoms. The molecule has 0 fully saturated rings. The van der Waals surface area contributed by atoms with Crippen molar-refractivity contribution in [3.05, 3.63) is 75.7 Å². The van der Waals surface area contributed by atoms with Crippen molar-refractivity contribution in [3.63, 3.8) is 0 Å². The van der Waals surface area contributed by atoms with Crippen LogP contribution in [-0.2, 0) is 4.79 Å². The van der Waals surface area contributed by atoms with Crippen LogP contribution in [0.25, 0.3) is 0 Å². The Labute approximate surface area is 158 Å². The number of rotatable bonds is 3. The minimum atomic E-state index is -0.486. The summed E-state index contributed by atoms with van der Waals surface area (Å²) < 4.78 is 14.8. The quantitative estimate of drug-likeness (QED) is 0.657. The molecule has 1 aliphatic rings. The first kappa shape index (κ1) is 17.6. The van der Waals surface area contributed by atoms with Crippen LogP contribution in [0, 0.1) is 5.82 Å². The zero-order valence-corrected chi connectivity index (χ0v) is 15.7. The summed E-state index contributed by atoms with van der Waals surface area (Å²) >= 11 is 8.66. The second kappa shape index (κ2) is 7.33. The predicted molar refractivity (Wildman–Crippen MR) is 103 cm³/mol. The second-order valence-corrected chi connectivity index (χ2v) is 6.88. The van der Waals surface area contributed by atoms with Crippen molar-refractivity contribution in [2.75, 3.05) is 5.32 Å². The lowest BCUT2D eigenvalue weighted by atomic mass is 9.95. The number of anilines is 1. The van der Waals surface area contributed by atoms with Gasteiger partial charge in [-0.1, -0.05) is 40.2 Å². The lowest BCUT2D eigenvalue weighted by molar-refractivity contribution is -0.113. The highest BCUT2D eigenvalue weighted by Gasteiger charge is 2.30.